The Morgan fingerprint density at radius 1 is 0.900 bits per heavy atom. The summed E-state index contributed by atoms with van der Waals surface area (Å²) in [6.07, 6.45) is 20.9. The molecular formula is C18H34BrN. The van der Waals surface area contributed by atoms with Gasteiger partial charge in [-0.25, -0.2) is 0 Å². The molecular weight excluding hydrogens is 310 g/mol. The number of halogens is 1. The van der Waals surface area contributed by atoms with Crippen molar-refractivity contribution in [1.82, 2.24) is 4.90 Å². The van der Waals surface area contributed by atoms with E-state index in [-0.39, 0.29) is 17.0 Å². The second kappa shape index (κ2) is 13.7. The van der Waals surface area contributed by atoms with Gasteiger partial charge in [0.2, 0.25) is 0 Å². The average molecular weight is 344 g/mol. The number of rotatable bonds is 11. The predicted octanol–water partition coefficient (Wildman–Crippen LogP) is 6.26. The van der Waals surface area contributed by atoms with E-state index < -0.39 is 0 Å². The maximum absolute atomic E-state index is 2.44. The Balaban J connectivity index is 0.00000361. The molecule has 2 heteroatoms. The van der Waals surface area contributed by atoms with Crippen LogP contribution in [0.15, 0.2) is 23.9 Å². The predicted molar refractivity (Wildman–Crippen MR) is 96.6 cm³/mol. The van der Waals surface area contributed by atoms with Gasteiger partial charge in [-0.1, -0.05) is 76.4 Å². The van der Waals surface area contributed by atoms with E-state index in [4.69, 9.17) is 0 Å². The third-order valence-corrected chi connectivity index (χ3v) is 3.93. The maximum atomic E-state index is 2.44. The molecule has 1 aliphatic heterocycles. The Hall–Kier alpha value is -0.240. The molecule has 0 aliphatic carbocycles. The quantitative estimate of drug-likeness (QED) is 0.400. The molecule has 0 radical (unpaired) electrons. The van der Waals surface area contributed by atoms with E-state index in [1.165, 1.54) is 76.3 Å². The van der Waals surface area contributed by atoms with Gasteiger partial charge in [-0.3, -0.25) is 0 Å². The molecule has 0 fully saturated rings. The Kier molecular flexibility index (Phi) is 13.6. The Labute approximate surface area is 137 Å². The smallest absolute Gasteiger partial charge is 0.0383 e. The standard InChI is InChI=1S/C18H33N.BrH/c1-3-4-5-6-7-8-9-10-11-12-15-19-16-13-14-18(2)17-19;/h13-14,16H,3-12,15,17H2,1-2H3;1H. The van der Waals surface area contributed by atoms with E-state index in [0.717, 1.165) is 6.54 Å². The van der Waals surface area contributed by atoms with Crippen molar-refractivity contribution in [3.05, 3.63) is 23.9 Å². The molecule has 0 aromatic heterocycles. The third kappa shape index (κ3) is 10.5. The summed E-state index contributed by atoms with van der Waals surface area (Å²) in [6.45, 7) is 6.87. The van der Waals surface area contributed by atoms with Gasteiger partial charge < -0.3 is 4.90 Å². The Morgan fingerprint density at radius 3 is 2.00 bits per heavy atom. The lowest BCUT2D eigenvalue weighted by Gasteiger charge is -2.23. The van der Waals surface area contributed by atoms with Gasteiger partial charge in [0.25, 0.3) is 0 Å². The summed E-state index contributed by atoms with van der Waals surface area (Å²) in [4.78, 5) is 2.44. The first kappa shape index (κ1) is 19.8. The highest BCUT2D eigenvalue weighted by atomic mass is 79.9. The first-order chi connectivity index (χ1) is 9.33. The van der Waals surface area contributed by atoms with Crippen molar-refractivity contribution in [3.63, 3.8) is 0 Å². The van der Waals surface area contributed by atoms with Crippen molar-refractivity contribution in [2.45, 2.75) is 78.1 Å². The minimum Gasteiger partial charge on any atom is -0.373 e. The van der Waals surface area contributed by atoms with E-state index in [2.05, 4.69) is 37.1 Å². The van der Waals surface area contributed by atoms with Gasteiger partial charge in [0, 0.05) is 13.1 Å². The summed E-state index contributed by atoms with van der Waals surface area (Å²) in [7, 11) is 0. The van der Waals surface area contributed by atoms with Crippen LogP contribution in [-0.4, -0.2) is 18.0 Å². The van der Waals surface area contributed by atoms with Crippen LogP contribution < -0.4 is 0 Å². The second-order valence-corrected chi connectivity index (χ2v) is 6.01. The highest BCUT2D eigenvalue weighted by Gasteiger charge is 2.03. The molecule has 20 heavy (non-hydrogen) atoms. The van der Waals surface area contributed by atoms with Gasteiger partial charge in [0.1, 0.15) is 0 Å². The molecule has 0 saturated carbocycles. The summed E-state index contributed by atoms with van der Waals surface area (Å²) in [5.41, 5.74) is 1.48. The summed E-state index contributed by atoms with van der Waals surface area (Å²) in [5.74, 6) is 0. The van der Waals surface area contributed by atoms with E-state index in [1.54, 1.807) is 0 Å². The molecule has 1 nitrogen and oxygen atoms in total. The number of hydrogen-bond donors (Lipinski definition) is 0. The lowest BCUT2D eigenvalue weighted by molar-refractivity contribution is 0.383. The van der Waals surface area contributed by atoms with E-state index in [9.17, 15) is 0 Å². The zero-order valence-electron chi connectivity index (χ0n) is 13.6. The molecule has 0 amide bonds. The summed E-state index contributed by atoms with van der Waals surface area (Å²) < 4.78 is 0. The number of unbranched alkanes of at least 4 members (excludes halogenated alkanes) is 9. The normalized spacial score (nSPS) is 14.1. The molecule has 0 unspecified atom stereocenters. The molecule has 1 rings (SSSR count). The molecule has 118 valence electrons. The van der Waals surface area contributed by atoms with Crippen molar-refractivity contribution in [2.24, 2.45) is 0 Å². The highest BCUT2D eigenvalue weighted by molar-refractivity contribution is 8.93. The van der Waals surface area contributed by atoms with Gasteiger partial charge in [-0.2, -0.15) is 0 Å². The van der Waals surface area contributed by atoms with E-state index >= 15 is 0 Å². The van der Waals surface area contributed by atoms with Gasteiger partial charge >= 0.3 is 0 Å². The number of allylic oxidation sites excluding steroid dienone is 2. The van der Waals surface area contributed by atoms with Gasteiger partial charge in [-0.05, 0) is 25.6 Å². The van der Waals surface area contributed by atoms with Crippen molar-refractivity contribution in [3.8, 4) is 0 Å². The monoisotopic (exact) mass is 343 g/mol. The van der Waals surface area contributed by atoms with Crippen molar-refractivity contribution < 1.29 is 0 Å². The summed E-state index contributed by atoms with van der Waals surface area (Å²) in [5, 5.41) is 0. The van der Waals surface area contributed by atoms with Crippen LogP contribution in [0.4, 0.5) is 0 Å². The van der Waals surface area contributed by atoms with Crippen molar-refractivity contribution in [1.29, 1.82) is 0 Å². The minimum absolute atomic E-state index is 0. The van der Waals surface area contributed by atoms with Crippen molar-refractivity contribution >= 4 is 17.0 Å². The zero-order valence-corrected chi connectivity index (χ0v) is 15.3. The van der Waals surface area contributed by atoms with Crippen LogP contribution in [0, 0.1) is 0 Å². The summed E-state index contributed by atoms with van der Waals surface area (Å²) in [6, 6.07) is 0. The fourth-order valence-electron chi connectivity index (χ4n) is 2.71. The van der Waals surface area contributed by atoms with Crippen LogP contribution in [0.5, 0.6) is 0 Å². The Bertz CT molecular complexity index is 271. The first-order valence-corrected chi connectivity index (χ1v) is 8.41. The van der Waals surface area contributed by atoms with Gasteiger partial charge in [0.15, 0.2) is 0 Å². The molecule has 0 spiro atoms. The van der Waals surface area contributed by atoms with Crippen LogP contribution in [0.2, 0.25) is 0 Å². The largest absolute Gasteiger partial charge is 0.373 e. The van der Waals surface area contributed by atoms with Crippen LogP contribution in [-0.2, 0) is 0 Å². The molecule has 0 saturated heterocycles. The lowest BCUT2D eigenvalue weighted by Crippen LogP contribution is -2.22. The second-order valence-electron chi connectivity index (χ2n) is 6.01. The van der Waals surface area contributed by atoms with Gasteiger partial charge in [-0.15, -0.1) is 17.0 Å². The number of nitrogens with zero attached hydrogens (tertiary/aromatic N) is 1. The topological polar surface area (TPSA) is 3.24 Å². The maximum Gasteiger partial charge on any atom is 0.0383 e. The molecule has 1 heterocycles. The minimum atomic E-state index is 0. The fraction of sp³-hybridized carbons (Fsp3) is 0.778. The van der Waals surface area contributed by atoms with Crippen LogP contribution in [0.1, 0.15) is 78.1 Å². The van der Waals surface area contributed by atoms with Crippen LogP contribution in [0.3, 0.4) is 0 Å². The molecule has 1 aliphatic rings. The SMILES string of the molecule is Br.CCCCCCCCCCCCN1C=CC=C(C)C1. The Morgan fingerprint density at radius 2 is 1.45 bits per heavy atom. The lowest BCUT2D eigenvalue weighted by atomic mass is 10.1. The highest BCUT2D eigenvalue weighted by Crippen LogP contribution is 2.12. The molecule has 0 bridgehead atoms. The van der Waals surface area contributed by atoms with E-state index in [0.29, 0.717) is 0 Å². The van der Waals surface area contributed by atoms with Crippen LogP contribution in [0.25, 0.3) is 0 Å². The summed E-state index contributed by atoms with van der Waals surface area (Å²) >= 11 is 0. The average Bonchev–Trinajstić information content (AvgIpc) is 2.41. The zero-order chi connectivity index (χ0) is 13.8. The fourth-order valence-corrected chi connectivity index (χ4v) is 2.71. The van der Waals surface area contributed by atoms with E-state index in [1.807, 2.05) is 0 Å². The number of hydrogen-bond acceptors (Lipinski definition) is 1. The van der Waals surface area contributed by atoms with Crippen molar-refractivity contribution in [2.75, 3.05) is 13.1 Å². The molecule has 0 aromatic carbocycles. The third-order valence-electron chi connectivity index (χ3n) is 3.93. The van der Waals surface area contributed by atoms with Crippen LogP contribution >= 0.6 is 17.0 Å². The molecule has 0 atom stereocenters. The first-order valence-electron chi connectivity index (χ1n) is 8.41. The molecule has 0 N–H and O–H groups in total. The van der Waals surface area contributed by atoms with Gasteiger partial charge in [0.05, 0.1) is 0 Å². The molecule has 0 aromatic rings.